The van der Waals surface area contributed by atoms with Crippen molar-refractivity contribution in [1.82, 2.24) is 10.2 Å². The summed E-state index contributed by atoms with van der Waals surface area (Å²) < 4.78 is 32.8. The predicted molar refractivity (Wildman–Crippen MR) is 168 cm³/mol. The molecule has 0 fully saturated rings. The monoisotopic (exact) mass is 593 g/mol. The van der Waals surface area contributed by atoms with Crippen LogP contribution in [0, 0.1) is 0 Å². The topological polar surface area (TPSA) is 96.0 Å². The van der Waals surface area contributed by atoms with Crippen molar-refractivity contribution in [3.8, 4) is 5.75 Å². The molecular formula is C33H43N3O5S. The van der Waals surface area contributed by atoms with E-state index in [2.05, 4.69) is 5.32 Å². The Morgan fingerprint density at radius 3 is 2.12 bits per heavy atom. The number of hydrogen-bond donors (Lipinski definition) is 1. The maximum atomic E-state index is 14.3. The van der Waals surface area contributed by atoms with Gasteiger partial charge >= 0.3 is 0 Å². The summed E-state index contributed by atoms with van der Waals surface area (Å²) in [6, 6.07) is 23.0. The minimum Gasteiger partial charge on any atom is -0.497 e. The third-order valence-electron chi connectivity index (χ3n) is 6.76. The molecule has 0 bridgehead atoms. The van der Waals surface area contributed by atoms with Gasteiger partial charge in [-0.1, -0.05) is 74.5 Å². The van der Waals surface area contributed by atoms with Crippen molar-refractivity contribution in [2.75, 3.05) is 24.2 Å². The third kappa shape index (κ3) is 9.08. The molecule has 1 atom stereocenters. The molecule has 226 valence electrons. The van der Waals surface area contributed by atoms with Gasteiger partial charge in [0.05, 0.1) is 19.1 Å². The normalized spacial score (nSPS) is 12.5. The van der Waals surface area contributed by atoms with Gasteiger partial charge in [-0.25, -0.2) is 8.42 Å². The smallest absolute Gasteiger partial charge is 0.244 e. The highest BCUT2D eigenvalue weighted by Gasteiger charge is 2.34. The largest absolute Gasteiger partial charge is 0.497 e. The summed E-state index contributed by atoms with van der Waals surface area (Å²) in [6.07, 6.45) is 1.34. The molecule has 0 radical (unpaired) electrons. The molecule has 0 saturated heterocycles. The van der Waals surface area contributed by atoms with Crippen LogP contribution in [-0.4, -0.2) is 56.6 Å². The number of para-hydroxylation sites is 1. The van der Waals surface area contributed by atoms with E-state index >= 15 is 0 Å². The Morgan fingerprint density at radius 1 is 0.905 bits per heavy atom. The lowest BCUT2D eigenvalue weighted by Crippen LogP contribution is -2.56. The van der Waals surface area contributed by atoms with Crippen molar-refractivity contribution in [3.05, 3.63) is 95.6 Å². The van der Waals surface area contributed by atoms with Crippen molar-refractivity contribution in [2.24, 2.45) is 0 Å². The Kier molecular flexibility index (Phi) is 10.8. The number of ether oxygens (including phenoxy) is 1. The number of carbonyl (C=O) groups is 2. The van der Waals surface area contributed by atoms with Crippen LogP contribution in [0.5, 0.6) is 5.75 Å². The molecule has 42 heavy (non-hydrogen) atoms. The first-order valence-electron chi connectivity index (χ1n) is 14.0. The van der Waals surface area contributed by atoms with Gasteiger partial charge in [0.25, 0.3) is 0 Å². The molecule has 1 unspecified atom stereocenters. The first kappa shape index (κ1) is 32.7. The number of hydrogen-bond acceptors (Lipinski definition) is 5. The van der Waals surface area contributed by atoms with Crippen LogP contribution in [0.3, 0.4) is 0 Å². The van der Waals surface area contributed by atoms with Gasteiger partial charge in [-0.2, -0.15) is 0 Å². The Balaban J connectivity index is 2.13. The van der Waals surface area contributed by atoms with Gasteiger partial charge in [0, 0.05) is 18.5 Å². The zero-order chi connectivity index (χ0) is 31.1. The number of rotatable bonds is 12. The minimum absolute atomic E-state index is 0.0248. The van der Waals surface area contributed by atoms with Gasteiger partial charge in [0.1, 0.15) is 18.3 Å². The van der Waals surface area contributed by atoms with Gasteiger partial charge in [0.15, 0.2) is 0 Å². The molecular weight excluding hydrogens is 550 g/mol. The minimum atomic E-state index is -3.85. The maximum Gasteiger partial charge on any atom is 0.244 e. The van der Waals surface area contributed by atoms with Gasteiger partial charge < -0.3 is 15.0 Å². The van der Waals surface area contributed by atoms with Crippen LogP contribution in [0.15, 0.2) is 78.9 Å². The highest BCUT2D eigenvalue weighted by molar-refractivity contribution is 7.92. The SMILES string of the molecule is COc1cccc(CN(C(=O)CN(c2ccccc2C(C)C)S(C)(=O)=O)C(Cc2ccccc2)C(=O)NC(C)(C)C)c1. The van der Waals surface area contributed by atoms with Crippen LogP contribution in [0.25, 0.3) is 0 Å². The molecule has 0 heterocycles. The van der Waals surface area contributed by atoms with Crippen molar-refractivity contribution in [1.29, 1.82) is 0 Å². The average Bonchev–Trinajstić information content (AvgIpc) is 2.92. The first-order valence-corrected chi connectivity index (χ1v) is 15.9. The second-order valence-corrected chi connectivity index (χ2v) is 13.7. The predicted octanol–water partition coefficient (Wildman–Crippen LogP) is 5.14. The number of methoxy groups -OCH3 is 1. The number of anilines is 1. The van der Waals surface area contributed by atoms with Crippen LogP contribution < -0.4 is 14.4 Å². The summed E-state index contributed by atoms with van der Waals surface area (Å²) in [4.78, 5) is 29.7. The molecule has 0 aliphatic carbocycles. The van der Waals surface area contributed by atoms with E-state index in [1.807, 2.05) is 95.3 Å². The molecule has 0 aliphatic heterocycles. The summed E-state index contributed by atoms with van der Waals surface area (Å²) in [5.74, 6) is -0.179. The van der Waals surface area contributed by atoms with Crippen LogP contribution >= 0.6 is 0 Å². The molecule has 1 N–H and O–H groups in total. The Bertz CT molecular complexity index is 1470. The van der Waals surface area contributed by atoms with E-state index in [0.717, 1.165) is 27.3 Å². The molecule has 9 heteroatoms. The van der Waals surface area contributed by atoms with E-state index in [1.54, 1.807) is 25.3 Å². The fourth-order valence-electron chi connectivity index (χ4n) is 4.77. The Labute approximate surface area is 250 Å². The fraction of sp³-hybridized carbons (Fsp3) is 0.394. The summed E-state index contributed by atoms with van der Waals surface area (Å²) in [6.45, 7) is 9.22. The van der Waals surface area contributed by atoms with Crippen molar-refractivity contribution < 1.29 is 22.7 Å². The van der Waals surface area contributed by atoms with E-state index < -0.39 is 34.1 Å². The van der Waals surface area contributed by atoms with Crippen LogP contribution in [0.4, 0.5) is 5.69 Å². The van der Waals surface area contributed by atoms with Crippen LogP contribution in [-0.2, 0) is 32.6 Å². The van der Waals surface area contributed by atoms with Crippen molar-refractivity contribution in [3.63, 3.8) is 0 Å². The first-order chi connectivity index (χ1) is 19.7. The number of nitrogens with zero attached hydrogens (tertiary/aromatic N) is 2. The highest BCUT2D eigenvalue weighted by Crippen LogP contribution is 2.29. The molecule has 0 aromatic heterocycles. The van der Waals surface area contributed by atoms with Gasteiger partial charge in [-0.05, 0) is 61.6 Å². The summed E-state index contributed by atoms with van der Waals surface area (Å²) in [5.41, 5.74) is 2.33. The number of sulfonamides is 1. The second-order valence-electron chi connectivity index (χ2n) is 11.8. The van der Waals surface area contributed by atoms with E-state index in [9.17, 15) is 18.0 Å². The van der Waals surface area contributed by atoms with Crippen LogP contribution in [0.2, 0.25) is 0 Å². The fourth-order valence-corrected chi connectivity index (χ4v) is 5.64. The summed E-state index contributed by atoms with van der Waals surface area (Å²) in [7, 11) is -2.29. The lowest BCUT2D eigenvalue weighted by Gasteiger charge is -2.35. The number of nitrogens with one attached hydrogen (secondary N) is 1. The molecule has 0 saturated carbocycles. The average molecular weight is 594 g/mol. The Hall–Kier alpha value is -3.85. The standard InChI is InChI=1S/C33H43N3O5S/c1-24(2)28-18-11-12-19-29(28)36(42(7,39)40)23-31(37)35(22-26-16-13-17-27(20-26)41-6)30(32(38)34-33(3,4)5)21-25-14-9-8-10-15-25/h8-20,24,30H,21-23H2,1-7H3,(H,34,38). The Morgan fingerprint density at radius 2 is 1.52 bits per heavy atom. The lowest BCUT2D eigenvalue weighted by molar-refractivity contribution is -0.140. The number of benzene rings is 3. The third-order valence-corrected chi connectivity index (χ3v) is 7.89. The van der Waals surface area contributed by atoms with E-state index in [-0.39, 0.29) is 24.8 Å². The maximum absolute atomic E-state index is 14.3. The summed E-state index contributed by atoms with van der Waals surface area (Å²) in [5, 5.41) is 3.03. The van der Waals surface area contributed by atoms with E-state index in [1.165, 1.54) is 4.90 Å². The van der Waals surface area contributed by atoms with Gasteiger partial charge in [0.2, 0.25) is 21.8 Å². The van der Waals surface area contributed by atoms with E-state index in [0.29, 0.717) is 11.4 Å². The summed E-state index contributed by atoms with van der Waals surface area (Å²) >= 11 is 0. The lowest BCUT2D eigenvalue weighted by atomic mass is 10.00. The zero-order valence-electron chi connectivity index (χ0n) is 25.6. The van der Waals surface area contributed by atoms with Crippen molar-refractivity contribution in [2.45, 2.75) is 65.1 Å². The second kappa shape index (κ2) is 13.9. The van der Waals surface area contributed by atoms with Gasteiger partial charge in [-0.3, -0.25) is 13.9 Å². The molecule has 2 amide bonds. The molecule has 3 aromatic rings. The molecule has 0 aliphatic rings. The molecule has 8 nitrogen and oxygen atoms in total. The van der Waals surface area contributed by atoms with E-state index in [4.69, 9.17) is 4.74 Å². The van der Waals surface area contributed by atoms with Crippen LogP contribution in [0.1, 0.15) is 57.2 Å². The highest BCUT2D eigenvalue weighted by atomic mass is 32.2. The molecule has 3 rings (SSSR count). The van der Waals surface area contributed by atoms with Gasteiger partial charge in [-0.15, -0.1) is 0 Å². The van der Waals surface area contributed by atoms with Crippen molar-refractivity contribution >= 4 is 27.5 Å². The zero-order valence-corrected chi connectivity index (χ0v) is 26.4. The molecule has 3 aromatic carbocycles. The number of amides is 2. The molecule has 0 spiro atoms. The number of carbonyl (C=O) groups excluding carboxylic acids is 2. The quantitative estimate of drug-likeness (QED) is 0.314.